The van der Waals surface area contributed by atoms with E-state index >= 15 is 0 Å². The molecule has 0 bridgehead atoms. The van der Waals surface area contributed by atoms with E-state index in [-0.39, 0.29) is 22.9 Å². The molecule has 1 aromatic carbocycles. The number of hydrogen-bond acceptors (Lipinski definition) is 2. The van der Waals surface area contributed by atoms with Crippen LogP contribution in [0.3, 0.4) is 0 Å². The molecule has 3 nitrogen and oxygen atoms in total. The monoisotopic (exact) mass is 308 g/mol. The first-order valence-corrected chi connectivity index (χ1v) is 7.59. The van der Waals surface area contributed by atoms with Gasteiger partial charge in [0.2, 0.25) is 5.91 Å². The molecule has 1 N–H and O–H groups in total. The summed E-state index contributed by atoms with van der Waals surface area (Å²) < 4.78 is 13.7. The Morgan fingerprint density at radius 3 is 2.57 bits per heavy atom. The lowest BCUT2D eigenvalue weighted by Gasteiger charge is -2.26. The van der Waals surface area contributed by atoms with E-state index in [2.05, 4.69) is 11.4 Å². The van der Waals surface area contributed by atoms with Crippen LogP contribution in [0.1, 0.15) is 44.1 Å². The highest BCUT2D eigenvalue weighted by Gasteiger charge is 2.32. The van der Waals surface area contributed by atoms with Crippen molar-refractivity contribution in [3.8, 4) is 6.07 Å². The van der Waals surface area contributed by atoms with Crippen molar-refractivity contribution in [3.05, 3.63) is 34.6 Å². The normalized spacial score (nSPS) is 17.6. The Labute approximate surface area is 129 Å². The van der Waals surface area contributed by atoms with Crippen LogP contribution in [0.4, 0.5) is 4.39 Å². The summed E-state index contributed by atoms with van der Waals surface area (Å²) in [5.74, 6) is -0.852. The van der Waals surface area contributed by atoms with Gasteiger partial charge in [0.1, 0.15) is 11.4 Å². The summed E-state index contributed by atoms with van der Waals surface area (Å²) in [5.41, 5.74) is -0.635. The van der Waals surface area contributed by atoms with E-state index < -0.39 is 11.4 Å². The van der Waals surface area contributed by atoms with Gasteiger partial charge < -0.3 is 5.32 Å². The second-order valence-corrected chi connectivity index (χ2v) is 5.94. The molecule has 1 saturated carbocycles. The number of amides is 1. The zero-order valence-electron chi connectivity index (χ0n) is 11.8. The summed E-state index contributed by atoms with van der Waals surface area (Å²) in [4.78, 5) is 12.2. The van der Waals surface area contributed by atoms with Gasteiger partial charge in [0.15, 0.2) is 0 Å². The van der Waals surface area contributed by atoms with Crippen LogP contribution in [0.2, 0.25) is 5.02 Å². The topological polar surface area (TPSA) is 52.9 Å². The molecule has 0 unspecified atom stereocenters. The van der Waals surface area contributed by atoms with E-state index in [4.69, 9.17) is 11.6 Å². The number of nitriles is 1. The zero-order chi connectivity index (χ0) is 15.3. The standard InChI is InChI=1S/C16H18ClFN2O/c17-13-6-5-7-14(18)12(13)10-15(21)20-16(11-19)8-3-1-2-4-9-16/h5-7H,1-4,8-10H2,(H,20,21). The Morgan fingerprint density at radius 1 is 1.33 bits per heavy atom. The van der Waals surface area contributed by atoms with Crippen LogP contribution in [0.5, 0.6) is 0 Å². The minimum absolute atomic E-state index is 0.144. The highest BCUT2D eigenvalue weighted by molar-refractivity contribution is 6.31. The van der Waals surface area contributed by atoms with Gasteiger partial charge in [-0.05, 0) is 25.0 Å². The summed E-state index contributed by atoms with van der Waals surface area (Å²) in [6.07, 6.45) is 5.18. The fourth-order valence-electron chi connectivity index (χ4n) is 2.77. The maximum atomic E-state index is 13.7. The van der Waals surface area contributed by atoms with Gasteiger partial charge in [-0.25, -0.2) is 4.39 Å². The van der Waals surface area contributed by atoms with Crippen molar-refractivity contribution in [3.63, 3.8) is 0 Å². The molecule has 1 aromatic rings. The Kier molecular flexibility index (Phi) is 5.19. The molecule has 2 rings (SSSR count). The number of hydrogen-bond donors (Lipinski definition) is 1. The molecule has 0 heterocycles. The predicted molar refractivity (Wildman–Crippen MR) is 79.3 cm³/mol. The molecule has 0 aromatic heterocycles. The highest BCUT2D eigenvalue weighted by atomic mass is 35.5. The number of rotatable bonds is 3. The van der Waals surface area contributed by atoms with Gasteiger partial charge in [-0.1, -0.05) is 43.4 Å². The first-order chi connectivity index (χ1) is 10.1. The van der Waals surface area contributed by atoms with Crippen LogP contribution >= 0.6 is 11.6 Å². The average molecular weight is 309 g/mol. The van der Waals surface area contributed by atoms with Gasteiger partial charge in [-0.15, -0.1) is 0 Å². The van der Waals surface area contributed by atoms with Crippen LogP contribution in [0, 0.1) is 17.1 Å². The van der Waals surface area contributed by atoms with Gasteiger partial charge >= 0.3 is 0 Å². The van der Waals surface area contributed by atoms with Crippen LogP contribution in [-0.2, 0) is 11.2 Å². The van der Waals surface area contributed by atoms with Crippen molar-refractivity contribution in [2.45, 2.75) is 50.5 Å². The van der Waals surface area contributed by atoms with Crippen molar-refractivity contribution in [2.75, 3.05) is 0 Å². The third-order valence-corrected chi connectivity index (χ3v) is 4.30. The van der Waals surface area contributed by atoms with Crippen molar-refractivity contribution < 1.29 is 9.18 Å². The van der Waals surface area contributed by atoms with E-state index in [0.717, 1.165) is 25.7 Å². The molecule has 1 aliphatic rings. The lowest BCUT2D eigenvalue weighted by molar-refractivity contribution is -0.122. The largest absolute Gasteiger partial charge is 0.338 e. The minimum atomic E-state index is -0.814. The molecular weight excluding hydrogens is 291 g/mol. The molecule has 1 amide bonds. The van der Waals surface area contributed by atoms with Gasteiger partial charge in [0.25, 0.3) is 0 Å². The van der Waals surface area contributed by atoms with Gasteiger partial charge in [-0.3, -0.25) is 4.79 Å². The molecule has 5 heteroatoms. The Hall–Kier alpha value is -1.60. The van der Waals surface area contributed by atoms with Crippen LogP contribution < -0.4 is 5.32 Å². The van der Waals surface area contributed by atoms with Crippen LogP contribution in [0.15, 0.2) is 18.2 Å². The summed E-state index contributed by atoms with van der Waals surface area (Å²) >= 11 is 5.93. The third-order valence-electron chi connectivity index (χ3n) is 3.95. The van der Waals surface area contributed by atoms with E-state index in [1.807, 2.05) is 0 Å². The molecule has 1 aliphatic carbocycles. The van der Waals surface area contributed by atoms with Gasteiger partial charge in [-0.2, -0.15) is 5.26 Å². The highest BCUT2D eigenvalue weighted by Crippen LogP contribution is 2.27. The average Bonchev–Trinajstić information content (AvgIpc) is 2.69. The van der Waals surface area contributed by atoms with Crippen molar-refractivity contribution in [1.29, 1.82) is 5.26 Å². The quantitative estimate of drug-likeness (QED) is 0.865. The van der Waals surface area contributed by atoms with Crippen molar-refractivity contribution >= 4 is 17.5 Å². The fraction of sp³-hybridized carbons (Fsp3) is 0.500. The number of nitrogens with one attached hydrogen (secondary N) is 1. The number of carbonyl (C=O) groups excluding carboxylic acids is 1. The van der Waals surface area contributed by atoms with Gasteiger partial charge in [0, 0.05) is 10.6 Å². The molecule has 21 heavy (non-hydrogen) atoms. The van der Waals surface area contributed by atoms with E-state index in [1.54, 1.807) is 6.07 Å². The molecule has 0 spiro atoms. The Bertz CT molecular complexity index is 540. The number of nitrogens with zero attached hydrogens (tertiary/aromatic N) is 1. The van der Waals surface area contributed by atoms with E-state index in [1.165, 1.54) is 12.1 Å². The second kappa shape index (κ2) is 6.91. The summed E-state index contributed by atoms with van der Waals surface area (Å²) in [7, 11) is 0. The molecule has 0 radical (unpaired) electrons. The molecule has 112 valence electrons. The predicted octanol–water partition coefficient (Wildman–Crippen LogP) is 3.75. The number of benzene rings is 1. The Morgan fingerprint density at radius 2 is 2.00 bits per heavy atom. The summed E-state index contributed by atoms with van der Waals surface area (Å²) in [5, 5.41) is 12.5. The van der Waals surface area contributed by atoms with Crippen LogP contribution in [0.25, 0.3) is 0 Å². The van der Waals surface area contributed by atoms with Crippen molar-refractivity contribution in [2.24, 2.45) is 0 Å². The maximum Gasteiger partial charge on any atom is 0.225 e. The zero-order valence-corrected chi connectivity index (χ0v) is 12.5. The van der Waals surface area contributed by atoms with Gasteiger partial charge in [0.05, 0.1) is 12.5 Å². The lowest BCUT2D eigenvalue weighted by Crippen LogP contribution is -2.47. The Balaban J connectivity index is 2.08. The van der Waals surface area contributed by atoms with Crippen molar-refractivity contribution in [1.82, 2.24) is 5.32 Å². The molecule has 0 atom stereocenters. The summed E-state index contributed by atoms with van der Waals surface area (Å²) in [6.45, 7) is 0. The summed E-state index contributed by atoms with van der Waals surface area (Å²) in [6, 6.07) is 6.58. The molecule has 0 saturated heterocycles. The van der Waals surface area contributed by atoms with E-state index in [0.29, 0.717) is 12.8 Å². The smallest absolute Gasteiger partial charge is 0.225 e. The molecule has 1 fully saturated rings. The molecule has 0 aliphatic heterocycles. The first-order valence-electron chi connectivity index (χ1n) is 7.21. The lowest BCUT2D eigenvalue weighted by atomic mass is 9.91. The maximum absolute atomic E-state index is 13.7. The number of halogens is 2. The minimum Gasteiger partial charge on any atom is -0.338 e. The third kappa shape index (κ3) is 3.95. The van der Waals surface area contributed by atoms with Crippen LogP contribution in [-0.4, -0.2) is 11.4 Å². The molecular formula is C16H18ClFN2O. The number of carbonyl (C=O) groups is 1. The SMILES string of the molecule is N#CC1(NC(=O)Cc2c(F)cccc2Cl)CCCCCC1. The van der Waals surface area contributed by atoms with E-state index in [9.17, 15) is 14.4 Å². The fourth-order valence-corrected chi connectivity index (χ4v) is 3.00. The second-order valence-electron chi connectivity index (χ2n) is 5.53. The first kappa shape index (κ1) is 15.8.